The molecule has 58 valence electrons. The highest BCUT2D eigenvalue weighted by Gasteiger charge is 2.16. The van der Waals surface area contributed by atoms with Gasteiger partial charge in [-0.15, -0.1) is 0 Å². The third-order valence-corrected chi connectivity index (χ3v) is 1.68. The second-order valence-corrected chi connectivity index (χ2v) is 2.86. The lowest BCUT2D eigenvalue weighted by Gasteiger charge is -2.24. The maximum atomic E-state index is 8.77. The molecule has 0 aromatic heterocycles. The van der Waals surface area contributed by atoms with Crippen molar-refractivity contribution in [1.82, 2.24) is 0 Å². The van der Waals surface area contributed by atoms with E-state index in [2.05, 4.69) is 13.0 Å². The van der Waals surface area contributed by atoms with Crippen molar-refractivity contribution < 1.29 is 9.84 Å². The quantitative estimate of drug-likeness (QED) is 0.555. The highest BCUT2D eigenvalue weighted by atomic mass is 16.5. The van der Waals surface area contributed by atoms with E-state index >= 15 is 0 Å². The number of ether oxygens (including phenoxy) is 1. The van der Waals surface area contributed by atoms with Crippen molar-refractivity contribution >= 4 is 0 Å². The smallest absolute Gasteiger partial charge is 0.0850 e. The van der Waals surface area contributed by atoms with Gasteiger partial charge in [-0.05, 0) is 20.3 Å². The van der Waals surface area contributed by atoms with Gasteiger partial charge in [0.1, 0.15) is 0 Å². The van der Waals surface area contributed by atoms with Crippen LogP contribution in [-0.2, 0) is 4.74 Å². The number of rotatable bonds is 1. The van der Waals surface area contributed by atoms with Gasteiger partial charge in [0.05, 0.1) is 18.8 Å². The van der Waals surface area contributed by atoms with E-state index in [1.807, 2.05) is 6.92 Å². The van der Waals surface area contributed by atoms with Crippen molar-refractivity contribution in [3.05, 3.63) is 11.6 Å². The van der Waals surface area contributed by atoms with E-state index in [4.69, 9.17) is 9.84 Å². The first-order valence-corrected chi connectivity index (χ1v) is 3.66. The summed E-state index contributed by atoms with van der Waals surface area (Å²) in [5.41, 5.74) is 1.32. The van der Waals surface area contributed by atoms with Crippen LogP contribution in [0.15, 0.2) is 11.6 Å². The van der Waals surface area contributed by atoms with Crippen LogP contribution in [-0.4, -0.2) is 23.9 Å². The highest BCUT2D eigenvalue weighted by molar-refractivity contribution is 5.06. The molecule has 0 aromatic carbocycles. The van der Waals surface area contributed by atoms with Crippen LogP contribution in [0.3, 0.4) is 0 Å². The van der Waals surface area contributed by atoms with Crippen molar-refractivity contribution in [2.24, 2.45) is 0 Å². The Bertz CT molecular complexity index is 140. The lowest BCUT2D eigenvalue weighted by Crippen LogP contribution is -2.26. The molecule has 0 bridgehead atoms. The molecular formula is C8H14O2. The fraction of sp³-hybridized carbons (Fsp3) is 0.750. The molecule has 2 atom stereocenters. The van der Waals surface area contributed by atoms with Crippen LogP contribution in [0.2, 0.25) is 0 Å². The average Bonchev–Trinajstić information content (AvgIpc) is 1.85. The van der Waals surface area contributed by atoms with Gasteiger partial charge in [0.25, 0.3) is 0 Å². The van der Waals surface area contributed by atoms with Crippen LogP contribution in [0, 0.1) is 0 Å². The Kier molecular flexibility index (Phi) is 2.46. The Morgan fingerprint density at radius 3 is 3.00 bits per heavy atom. The second kappa shape index (κ2) is 3.17. The maximum absolute atomic E-state index is 8.77. The summed E-state index contributed by atoms with van der Waals surface area (Å²) in [6.07, 6.45) is 3.17. The Balaban J connectivity index is 2.52. The SMILES string of the molecule is CC1=CC(C)OC(CO)C1. The summed E-state index contributed by atoms with van der Waals surface area (Å²) in [4.78, 5) is 0. The monoisotopic (exact) mass is 142 g/mol. The lowest BCUT2D eigenvalue weighted by molar-refractivity contribution is -0.0192. The first-order chi connectivity index (χ1) is 4.72. The topological polar surface area (TPSA) is 29.5 Å². The number of aliphatic hydroxyl groups excluding tert-OH is 1. The summed E-state index contributed by atoms with van der Waals surface area (Å²) < 4.78 is 5.38. The predicted molar refractivity (Wildman–Crippen MR) is 39.8 cm³/mol. The lowest BCUT2D eigenvalue weighted by atomic mass is 10.1. The molecule has 1 aliphatic heterocycles. The molecule has 0 saturated carbocycles. The summed E-state index contributed by atoms with van der Waals surface area (Å²) in [7, 11) is 0. The van der Waals surface area contributed by atoms with Crippen molar-refractivity contribution in [1.29, 1.82) is 0 Å². The maximum Gasteiger partial charge on any atom is 0.0850 e. The van der Waals surface area contributed by atoms with E-state index in [-0.39, 0.29) is 18.8 Å². The number of hydrogen-bond acceptors (Lipinski definition) is 2. The molecule has 0 radical (unpaired) electrons. The molecule has 1 rings (SSSR count). The fourth-order valence-corrected chi connectivity index (χ4v) is 1.33. The first kappa shape index (κ1) is 7.76. The van der Waals surface area contributed by atoms with Gasteiger partial charge < -0.3 is 9.84 Å². The summed E-state index contributed by atoms with van der Waals surface area (Å²) in [5.74, 6) is 0. The summed E-state index contributed by atoms with van der Waals surface area (Å²) >= 11 is 0. The summed E-state index contributed by atoms with van der Waals surface area (Å²) in [6, 6.07) is 0. The van der Waals surface area contributed by atoms with Crippen molar-refractivity contribution in [3.63, 3.8) is 0 Å². The Hall–Kier alpha value is -0.340. The zero-order chi connectivity index (χ0) is 7.56. The van der Waals surface area contributed by atoms with Crippen molar-refractivity contribution in [2.45, 2.75) is 32.5 Å². The molecule has 1 N–H and O–H groups in total. The van der Waals surface area contributed by atoms with Gasteiger partial charge in [-0.25, -0.2) is 0 Å². The molecule has 1 heterocycles. The third-order valence-electron chi connectivity index (χ3n) is 1.68. The van der Waals surface area contributed by atoms with E-state index in [9.17, 15) is 0 Å². The van der Waals surface area contributed by atoms with Crippen LogP contribution in [0.25, 0.3) is 0 Å². The fourth-order valence-electron chi connectivity index (χ4n) is 1.33. The van der Waals surface area contributed by atoms with Crippen LogP contribution in [0.5, 0.6) is 0 Å². The molecule has 0 fully saturated rings. The van der Waals surface area contributed by atoms with E-state index < -0.39 is 0 Å². The summed E-state index contributed by atoms with van der Waals surface area (Å²) in [5, 5.41) is 8.77. The molecule has 0 saturated heterocycles. The van der Waals surface area contributed by atoms with Gasteiger partial charge in [0, 0.05) is 0 Å². The molecule has 0 amide bonds. The number of aliphatic hydroxyl groups is 1. The molecule has 0 spiro atoms. The minimum absolute atomic E-state index is 0.0278. The average molecular weight is 142 g/mol. The Morgan fingerprint density at radius 2 is 2.50 bits per heavy atom. The molecule has 1 aliphatic rings. The standard InChI is InChI=1S/C8H14O2/c1-6-3-7(2)10-8(4-6)5-9/h3,7-9H,4-5H2,1-2H3. The van der Waals surface area contributed by atoms with E-state index in [0.717, 1.165) is 6.42 Å². The van der Waals surface area contributed by atoms with Crippen LogP contribution < -0.4 is 0 Å². The third kappa shape index (κ3) is 1.82. The van der Waals surface area contributed by atoms with Gasteiger partial charge in [-0.1, -0.05) is 11.6 Å². The normalized spacial score (nSPS) is 33.7. The largest absolute Gasteiger partial charge is 0.394 e. The van der Waals surface area contributed by atoms with Crippen molar-refractivity contribution in [2.75, 3.05) is 6.61 Å². The van der Waals surface area contributed by atoms with E-state index in [1.165, 1.54) is 5.57 Å². The first-order valence-electron chi connectivity index (χ1n) is 3.66. The van der Waals surface area contributed by atoms with E-state index in [0.29, 0.717) is 0 Å². The van der Waals surface area contributed by atoms with E-state index in [1.54, 1.807) is 0 Å². The molecular weight excluding hydrogens is 128 g/mol. The van der Waals surface area contributed by atoms with Gasteiger partial charge in [-0.2, -0.15) is 0 Å². The van der Waals surface area contributed by atoms with Crippen LogP contribution in [0.4, 0.5) is 0 Å². The van der Waals surface area contributed by atoms with Gasteiger partial charge in [0.15, 0.2) is 0 Å². The number of hydrogen-bond donors (Lipinski definition) is 1. The molecule has 2 nitrogen and oxygen atoms in total. The summed E-state index contributed by atoms with van der Waals surface area (Å²) in [6.45, 7) is 4.20. The molecule has 0 aliphatic carbocycles. The molecule has 0 aromatic rings. The van der Waals surface area contributed by atoms with Gasteiger partial charge in [-0.3, -0.25) is 0 Å². The minimum atomic E-state index is 0.0278. The highest BCUT2D eigenvalue weighted by Crippen LogP contribution is 2.17. The molecule has 2 unspecified atom stereocenters. The van der Waals surface area contributed by atoms with Gasteiger partial charge in [0.2, 0.25) is 0 Å². The zero-order valence-electron chi connectivity index (χ0n) is 6.50. The Morgan fingerprint density at radius 1 is 1.80 bits per heavy atom. The zero-order valence-corrected chi connectivity index (χ0v) is 6.50. The van der Waals surface area contributed by atoms with Crippen LogP contribution >= 0.6 is 0 Å². The van der Waals surface area contributed by atoms with Crippen molar-refractivity contribution in [3.8, 4) is 0 Å². The van der Waals surface area contributed by atoms with Gasteiger partial charge >= 0.3 is 0 Å². The molecule has 10 heavy (non-hydrogen) atoms. The van der Waals surface area contributed by atoms with Crippen LogP contribution in [0.1, 0.15) is 20.3 Å². The second-order valence-electron chi connectivity index (χ2n) is 2.86. The predicted octanol–water partition coefficient (Wildman–Crippen LogP) is 1.10. The molecule has 2 heteroatoms. The minimum Gasteiger partial charge on any atom is -0.394 e. The Labute approximate surface area is 61.5 Å².